The first-order valence-electron chi connectivity index (χ1n) is 34.6. The van der Waals surface area contributed by atoms with Crippen LogP contribution in [0.2, 0.25) is 5.02 Å². The van der Waals surface area contributed by atoms with Gasteiger partial charge in [-0.15, -0.1) is 11.3 Å². The van der Waals surface area contributed by atoms with Crippen LogP contribution < -0.4 is 30.7 Å². The largest absolute Gasteiger partial charge is 0.474 e. The molecule has 1 unspecified atom stereocenters. The third kappa shape index (κ3) is 14.8. The van der Waals surface area contributed by atoms with Crippen LogP contribution in [0.4, 0.5) is 40.6 Å². The Labute approximate surface area is 624 Å². The number of hydrogen-bond donors (Lipinski definition) is 2. The zero-order chi connectivity index (χ0) is 74.0. The SMILES string of the molecule is Cc1cc(-c2nc3c(cc2-c2ccc4ncccc4c2)N(C)CCO3)ccc1F.Cc1cc(-c2nc3c(cc2-c2ccc4ncsc4c2)N(C)CCO3)ccc1F.Cc1cc(-c2ncccc2-c2ccc3ccnc(N)c3c2)ccc1F.Nc1nccc2c1CC(c1cccnc1-c1ccc(F)c(Cl)c1)C=C2. The molecule has 1 aliphatic carbocycles. The van der Waals surface area contributed by atoms with E-state index in [2.05, 4.69) is 94.3 Å². The summed E-state index contributed by atoms with van der Waals surface area (Å²) >= 11 is 7.56. The Bertz CT molecular complexity index is 5960. The summed E-state index contributed by atoms with van der Waals surface area (Å²) in [6.45, 7) is 8.11. The summed E-state index contributed by atoms with van der Waals surface area (Å²) in [5, 5.41) is 3.10. The van der Waals surface area contributed by atoms with E-state index in [0.717, 1.165) is 158 Å². The van der Waals surface area contributed by atoms with Gasteiger partial charge >= 0.3 is 0 Å². The van der Waals surface area contributed by atoms with E-state index in [1.807, 2.05) is 111 Å². The van der Waals surface area contributed by atoms with E-state index < -0.39 is 5.82 Å². The van der Waals surface area contributed by atoms with Crippen molar-refractivity contribution in [3.8, 4) is 90.2 Å². The Morgan fingerprint density at radius 2 is 0.991 bits per heavy atom. The first-order valence-corrected chi connectivity index (χ1v) is 35.9. The lowest BCUT2D eigenvalue weighted by Crippen LogP contribution is -2.29. The molecule has 0 bridgehead atoms. The molecule has 15 aromatic rings. The van der Waals surface area contributed by atoms with E-state index in [1.165, 1.54) is 24.3 Å². The topological polar surface area (TPSA) is 180 Å². The van der Waals surface area contributed by atoms with Crippen molar-refractivity contribution in [1.82, 2.24) is 39.9 Å². The van der Waals surface area contributed by atoms with Gasteiger partial charge in [-0.3, -0.25) is 15.0 Å². The minimum absolute atomic E-state index is 0.0899. The van der Waals surface area contributed by atoms with Gasteiger partial charge in [-0.25, -0.2) is 42.5 Å². The molecule has 20 heteroatoms. The maximum atomic E-state index is 13.9. The van der Waals surface area contributed by atoms with Gasteiger partial charge in [-0.1, -0.05) is 66.2 Å². The number of allylic oxidation sites excluding steroid dienone is 1. The van der Waals surface area contributed by atoms with Crippen molar-refractivity contribution >= 4 is 83.9 Å². The standard InChI is InChI=1S/C24H20FN3O.C22H18FN3OS.C21H16FN3.C20H15ClFN3/c1-15-12-18(5-7-20(15)25)23-19(14-22-24(27-23)29-11-10-28(22)2)16-6-8-21-17(13-16)4-3-9-26-21;1-13-9-15(3-5-17(13)23)21-16(11-19-22(25-21)27-8-7-26(19)2)14-4-6-18-20(10-14)28-12-24-18;1-13-11-16(6-7-19(13)22)20-17(3-2-9-24-20)15-5-4-14-8-10-25-21(23)18(14)12-15;21-17-11-14(5-6-18(17)22)19-15(2-1-8-24-19)13-4-3-12-7-9-25-20(23)16(12)10-13/h3-9,12-14H,10-11H2,1-2H3;3-6,9-12H,7-8H2,1-2H3;2-12H,1H3,(H2,23,25);1-9,11,13H,10H2,(H2,23,25). The fraction of sp³-hybridized carbons (Fsp3) is 0.126. The summed E-state index contributed by atoms with van der Waals surface area (Å²) in [4.78, 5) is 40.2. The first-order chi connectivity index (χ1) is 52.0. The molecule has 18 rings (SSSR count). The summed E-state index contributed by atoms with van der Waals surface area (Å²) in [5.41, 5.74) is 35.4. The molecule has 7 aromatic carbocycles. The Morgan fingerprint density at radius 1 is 0.458 bits per heavy atom. The predicted molar refractivity (Wildman–Crippen MR) is 424 cm³/mol. The highest BCUT2D eigenvalue weighted by atomic mass is 35.5. The molecule has 0 fully saturated rings. The Hall–Kier alpha value is -12.5. The highest BCUT2D eigenvalue weighted by Crippen LogP contribution is 2.44. The lowest BCUT2D eigenvalue weighted by Gasteiger charge is -2.28. The Balaban J connectivity index is 0.000000114. The van der Waals surface area contributed by atoms with Gasteiger partial charge in [-0.2, -0.15) is 0 Å². The van der Waals surface area contributed by atoms with E-state index in [0.29, 0.717) is 53.3 Å². The third-order valence-electron chi connectivity index (χ3n) is 19.3. The van der Waals surface area contributed by atoms with Crippen molar-refractivity contribution in [2.45, 2.75) is 33.1 Å². The van der Waals surface area contributed by atoms with E-state index >= 15 is 0 Å². The number of ether oxygens (including phenoxy) is 2. The first kappa shape index (κ1) is 70.2. The number of benzene rings is 7. The smallest absolute Gasteiger partial charge is 0.238 e. The normalized spacial score (nSPS) is 13.4. The van der Waals surface area contributed by atoms with E-state index in [4.69, 9.17) is 42.5 Å². The molecule has 14 nitrogen and oxygen atoms in total. The van der Waals surface area contributed by atoms with Crippen LogP contribution in [-0.2, 0) is 6.42 Å². The molecule has 1 atom stereocenters. The number of likely N-dealkylation sites (N-methyl/N-ethyl adjacent to an activating group) is 2. The van der Waals surface area contributed by atoms with Crippen molar-refractivity contribution < 1.29 is 27.0 Å². The van der Waals surface area contributed by atoms with Gasteiger partial charge < -0.3 is 30.7 Å². The molecule has 0 saturated heterocycles. The lowest BCUT2D eigenvalue weighted by atomic mass is 9.84. The van der Waals surface area contributed by atoms with Gasteiger partial charge in [0.1, 0.15) is 59.5 Å². The van der Waals surface area contributed by atoms with Gasteiger partial charge in [-0.05, 0) is 223 Å². The predicted octanol–water partition coefficient (Wildman–Crippen LogP) is 20.4. The van der Waals surface area contributed by atoms with E-state index in [1.54, 1.807) is 93.4 Å². The molecular formula is C87H69ClF4N12O2S. The van der Waals surface area contributed by atoms with Crippen molar-refractivity contribution in [3.05, 3.63) is 292 Å². The van der Waals surface area contributed by atoms with Gasteiger partial charge in [0.15, 0.2) is 0 Å². The highest BCUT2D eigenvalue weighted by Gasteiger charge is 2.26. The fourth-order valence-corrected chi connectivity index (χ4v) is 14.4. The van der Waals surface area contributed by atoms with E-state index in [-0.39, 0.29) is 28.4 Å². The number of fused-ring (bicyclic) bond motifs is 6. The van der Waals surface area contributed by atoms with Gasteiger partial charge in [0.2, 0.25) is 11.8 Å². The fourth-order valence-electron chi connectivity index (χ4n) is 13.5. The number of hydrogen-bond acceptors (Lipinski definition) is 15. The van der Waals surface area contributed by atoms with Crippen LogP contribution in [0.25, 0.3) is 116 Å². The summed E-state index contributed by atoms with van der Waals surface area (Å²) in [7, 11) is 4.08. The van der Waals surface area contributed by atoms with Crippen LogP contribution in [-0.4, -0.2) is 80.3 Å². The van der Waals surface area contributed by atoms with Gasteiger partial charge in [0, 0.05) is 106 Å². The number of halogens is 5. The van der Waals surface area contributed by atoms with Crippen LogP contribution in [0, 0.1) is 44.0 Å². The average molecular weight is 1460 g/mol. The molecule has 530 valence electrons. The maximum absolute atomic E-state index is 13.9. The van der Waals surface area contributed by atoms with Crippen molar-refractivity contribution in [1.29, 1.82) is 0 Å². The van der Waals surface area contributed by atoms with E-state index in [9.17, 15) is 17.6 Å². The van der Waals surface area contributed by atoms with Crippen LogP contribution in [0.5, 0.6) is 11.8 Å². The number of pyridine rings is 7. The van der Waals surface area contributed by atoms with Crippen LogP contribution in [0.1, 0.15) is 39.3 Å². The molecule has 0 spiro atoms. The maximum Gasteiger partial charge on any atom is 0.238 e. The zero-order valence-corrected chi connectivity index (χ0v) is 60.4. The summed E-state index contributed by atoms with van der Waals surface area (Å²) < 4.78 is 67.6. The summed E-state index contributed by atoms with van der Waals surface area (Å²) in [6, 6.07) is 58.4. The lowest BCUT2D eigenvalue weighted by molar-refractivity contribution is 0.299. The van der Waals surface area contributed by atoms with Crippen LogP contribution in [0.3, 0.4) is 0 Å². The number of aryl methyl sites for hydroxylation is 3. The molecular weight excluding hydrogens is 1390 g/mol. The summed E-state index contributed by atoms with van der Waals surface area (Å²) in [5.74, 6) is 1.32. The zero-order valence-electron chi connectivity index (χ0n) is 58.9. The molecule has 0 saturated carbocycles. The molecule has 2 aliphatic heterocycles. The number of rotatable bonds is 8. The minimum atomic E-state index is -0.437. The second-order valence-electron chi connectivity index (χ2n) is 26.3. The highest BCUT2D eigenvalue weighted by molar-refractivity contribution is 7.16. The number of nitrogens with zero attached hydrogens (tertiary/aromatic N) is 10. The Kier molecular flexibility index (Phi) is 19.9. The molecule has 0 amide bonds. The van der Waals surface area contributed by atoms with Crippen molar-refractivity contribution in [2.75, 3.05) is 61.7 Å². The minimum Gasteiger partial charge on any atom is -0.474 e. The van der Waals surface area contributed by atoms with Crippen LogP contribution in [0.15, 0.2) is 231 Å². The van der Waals surface area contributed by atoms with Crippen molar-refractivity contribution in [3.63, 3.8) is 0 Å². The number of nitrogen functional groups attached to an aromatic ring is 2. The van der Waals surface area contributed by atoms with Gasteiger partial charge in [0.25, 0.3) is 0 Å². The van der Waals surface area contributed by atoms with Crippen LogP contribution >= 0.6 is 22.9 Å². The molecule has 4 N–H and O–H groups in total. The Morgan fingerprint density at radius 3 is 1.64 bits per heavy atom. The second kappa shape index (κ2) is 30.3. The second-order valence-corrected chi connectivity index (χ2v) is 27.6. The number of thiazole rings is 1. The molecule has 10 heterocycles. The summed E-state index contributed by atoms with van der Waals surface area (Å²) in [6.07, 6.45) is 13.6. The number of nitrogens with two attached hydrogens (primary N) is 2. The number of anilines is 4. The average Bonchev–Trinajstić information content (AvgIpc) is 1.75. The molecule has 107 heavy (non-hydrogen) atoms. The quantitative estimate of drug-likeness (QED) is 0.137. The van der Waals surface area contributed by atoms with Crippen molar-refractivity contribution in [2.24, 2.45) is 0 Å². The third-order valence-corrected chi connectivity index (χ3v) is 20.4. The van der Waals surface area contributed by atoms with Gasteiger partial charge in [0.05, 0.1) is 62.1 Å². The number of aromatic nitrogens is 8. The monoisotopic (exact) mass is 1460 g/mol. The molecule has 8 aromatic heterocycles. The molecule has 0 radical (unpaired) electrons. The molecule has 3 aliphatic rings.